The Morgan fingerprint density at radius 1 is 1.12 bits per heavy atom. The summed E-state index contributed by atoms with van der Waals surface area (Å²) in [5, 5.41) is 0.613. The van der Waals surface area contributed by atoms with Crippen LogP contribution in [0.2, 0.25) is 5.02 Å². The summed E-state index contributed by atoms with van der Waals surface area (Å²) < 4.78 is 5.57. The van der Waals surface area contributed by atoms with Gasteiger partial charge in [0.15, 0.2) is 6.61 Å². The highest BCUT2D eigenvalue weighted by Crippen LogP contribution is 2.35. The molecule has 6 heteroatoms. The van der Waals surface area contributed by atoms with E-state index in [1.54, 1.807) is 34.1 Å². The fourth-order valence-electron chi connectivity index (χ4n) is 3.05. The number of anilines is 2. The average Bonchev–Trinajstić information content (AvgIpc) is 2.59. The Labute approximate surface area is 151 Å². The largest absolute Gasteiger partial charge is 0.484 e. The molecule has 0 N–H and O–H groups in total. The van der Waals surface area contributed by atoms with Crippen molar-refractivity contribution in [1.82, 2.24) is 0 Å². The van der Waals surface area contributed by atoms with Crippen molar-refractivity contribution in [2.24, 2.45) is 0 Å². The molecule has 3 rings (SSSR count). The lowest BCUT2D eigenvalue weighted by atomic mass is 10.1. The van der Waals surface area contributed by atoms with Crippen molar-refractivity contribution >= 4 is 34.8 Å². The summed E-state index contributed by atoms with van der Waals surface area (Å²) >= 11 is 5.84. The van der Waals surface area contributed by atoms with Crippen LogP contribution < -0.4 is 14.5 Å². The van der Waals surface area contributed by atoms with Crippen LogP contribution >= 0.6 is 11.6 Å². The molecule has 5 nitrogen and oxygen atoms in total. The molecule has 1 unspecified atom stereocenters. The van der Waals surface area contributed by atoms with Gasteiger partial charge in [-0.05, 0) is 43.3 Å². The van der Waals surface area contributed by atoms with E-state index >= 15 is 0 Å². The van der Waals surface area contributed by atoms with E-state index < -0.39 is 0 Å². The van der Waals surface area contributed by atoms with Gasteiger partial charge >= 0.3 is 0 Å². The third-order valence-electron chi connectivity index (χ3n) is 4.14. The molecule has 0 fully saturated rings. The highest BCUT2D eigenvalue weighted by Gasteiger charge is 2.33. The number of rotatable bonds is 3. The van der Waals surface area contributed by atoms with Gasteiger partial charge in [0, 0.05) is 18.5 Å². The number of nitrogens with zero attached hydrogens (tertiary/aromatic N) is 2. The van der Waals surface area contributed by atoms with Crippen molar-refractivity contribution in [2.75, 3.05) is 23.0 Å². The minimum atomic E-state index is -0.155. The Bertz CT molecular complexity index is 792. The molecule has 1 aliphatic heterocycles. The van der Waals surface area contributed by atoms with E-state index in [2.05, 4.69) is 0 Å². The lowest BCUT2D eigenvalue weighted by molar-refractivity contribution is -0.121. The van der Waals surface area contributed by atoms with Crippen molar-refractivity contribution < 1.29 is 14.3 Å². The summed E-state index contributed by atoms with van der Waals surface area (Å²) in [7, 11) is 0. The Morgan fingerprint density at radius 3 is 2.40 bits per heavy atom. The molecule has 1 aliphatic rings. The van der Waals surface area contributed by atoms with Gasteiger partial charge in [0.25, 0.3) is 5.91 Å². The molecule has 0 saturated carbocycles. The number of hydrogen-bond acceptors (Lipinski definition) is 3. The zero-order valence-electron chi connectivity index (χ0n) is 14.1. The predicted octanol–water partition coefficient (Wildman–Crippen LogP) is 3.51. The lowest BCUT2D eigenvalue weighted by Gasteiger charge is -2.40. The molecule has 0 bridgehead atoms. The smallest absolute Gasteiger partial charge is 0.265 e. The van der Waals surface area contributed by atoms with Crippen LogP contribution in [0.15, 0.2) is 48.5 Å². The highest BCUT2D eigenvalue weighted by molar-refractivity contribution is 6.30. The van der Waals surface area contributed by atoms with E-state index in [0.717, 1.165) is 11.4 Å². The summed E-state index contributed by atoms with van der Waals surface area (Å²) in [5.41, 5.74) is 1.47. The Morgan fingerprint density at radius 2 is 1.76 bits per heavy atom. The Balaban J connectivity index is 1.79. The molecule has 0 aromatic heterocycles. The van der Waals surface area contributed by atoms with Crippen molar-refractivity contribution in [2.45, 2.75) is 19.9 Å². The maximum absolute atomic E-state index is 12.7. The van der Waals surface area contributed by atoms with Gasteiger partial charge in [-0.2, -0.15) is 0 Å². The first kappa shape index (κ1) is 17.3. The molecule has 25 heavy (non-hydrogen) atoms. The third-order valence-corrected chi connectivity index (χ3v) is 4.39. The van der Waals surface area contributed by atoms with Crippen LogP contribution in [0, 0.1) is 0 Å². The normalized spacial score (nSPS) is 16.4. The summed E-state index contributed by atoms with van der Waals surface area (Å²) in [6, 6.07) is 14.2. The second-order valence-corrected chi connectivity index (χ2v) is 6.41. The zero-order valence-corrected chi connectivity index (χ0v) is 14.9. The van der Waals surface area contributed by atoms with Crippen LogP contribution in [0.25, 0.3) is 0 Å². The molecule has 130 valence electrons. The van der Waals surface area contributed by atoms with E-state index in [9.17, 15) is 9.59 Å². The first-order valence-electron chi connectivity index (χ1n) is 8.05. The quantitative estimate of drug-likeness (QED) is 0.843. The van der Waals surface area contributed by atoms with E-state index in [4.69, 9.17) is 16.3 Å². The van der Waals surface area contributed by atoms with E-state index in [1.807, 2.05) is 31.2 Å². The SMILES string of the molecule is CC(=O)N1c2ccccc2N(C(=O)COc2ccc(Cl)cc2)CC1C. The van der Waals surface area contributed by atoms with E-state index in [0.29, 0.717) is 17.3 Å². The van der Waals surface area contributed by atoms with Gasteiger partial charge < -0.3 is 14.5 Å². The minimum Gasteiger partial charge on any atom is -0.484 e. The molecular weight excluding hydrogens is 340 g/mol. The molecular formula is C19H19ClN2O3. The summed E-state index contributed by atoms with van der Waals surface area (Å²) in [4.78, 5) is 28.1. The fourth-order valence-corrected chi connectivity index (χ4v) is 3.17. The summed E-state index contributed by atoms with van der Waals surface area (Å²) in [6.45, 7) is 3.81. The number of hydrogen-bond donors (Lipinski definition) is 0. The zero-order chi connectivity index (χ0) is 18.0. The van der Waals surface area contributed by atoms with Crippen molar-refractivity contribution in [3.05, 3.63) is 53.6 Å². The first-order chi connectivity index (χ1) is 12.0. The van der Waals surface area contributed by atoms with Crippen LogP contribution in [-0.2, 0) is 9.59 Å². The van der Waals surface area contributed by atoms with Crippen LogP contribution in [-0.4, -0.2) is 31.0 Å². The predicted molar refractivity (Wildman–Crippen MR) is 98.4 cm³/mol. The monoisotopic (exact) mass is 358 g/mol. The van der Waals surface area contributed by atoms with Crippen molar-refractivity contribution in [3.63, 3.8) is 0 Å². The molecule has 0 saturated heterocycles. The second kappa shape index (κ2) is 7.15. The minimum absolute atomic E-state index is 0.0375. The maximum atomic E-state index is 12.7. The Hall–Kier alpha value is -2.53. The summed E-state index contributed by atoms with van der Waals surface area (Å²) in [6.07, 6.45) is 0. The van der Waals surface area contributed by atoms with Crippen molar-refractivity contribution in [1.29, 1.82) is 0 Å². The fraction of sp³-hybridized carbons (Fsp3) is 0.263. The van der Waals surface area contributed by atoms with Crippen LogP contribution in [0.5, 0.6) is 5.75 Å². The average molecular weight is 359 g/mol. The number of para-hydroxylation sites is 2. The number of carbonyl (C=O) groups is 2. The number of ether oxygens (including phenoxy) is 1. The molecule has 1 atom stereocenters. The molecule has 0 aliphatic carbocycles. The second-order valence-electron chi connectivity index (χ2n) is 5.97. The topological polar surface area (TPSA) is 49.9 Å². The molecule has 2 amide bonds. The molecule has 0 spiro atoms. The molecule has 2 aromatic rings. The van der Waals surface area contributed by atoms with Gasteiger partial charge in [-0.25, -0.2) is 0 Å². The Kier molecular flexibility index (Phi) is 4.95. The van der Waals surface area contributed by atoms with Crippen LogP contribution in [0.1, 0.15) is 13.8 Å². The number of fused-ring (bicyclic) bond motifs is 1. The van der Waals surface area contributed by atoms with Gasteiger partial charge in [0.2, 0.25) is 5.91 Å². The van der Waals surface area contributed by atoms with Crippen LogP contribution in [0.4, 0.5) is 11.4 Å². The van der Waals surface area contributed by atoms with Gasteiger partial charge in [0.05, 0.1) is 17.4 Å². The van der Waals surface area contributed by atoms with Crippen molar-refractivity contribution in [3.8, 4) is 5.75 Å². The van der Waals surface area contributed by atoms with Crippen LogP contribution in [0.3, 0.4) is 0 Å². The number of halogens is 1. The maximum Gasteiger partial charge on any atom is 0.265 e. The van der Waals surface area contributed by atoms with Gasteiger partial charge in [-0.15, -0.1) is 0 Å². The van der Waals surface area contributed by atoms with Gasteiger partial charge in [-0.3, -0.25) is 9.59 Å². The van der Waals surface area contributed by atoms with E-state index in [1.165, 1.54) is 6.92 Å². The van der Waals surface area contributed by atoms with Gasteiger partial charge in [-0.1, -0.05) is 23.7 Å². The number of benzene rings is 2. The molecule has 1 heterocycles. The number of amides is 2. The standard InChI is InChI=1S/C19H19ClN2O3/c1-13-11-21(17-5-3-4-6-18(17)22(13)14(2)23)19(24)12-25-16-9-7-15(20)8-10-16/h3-10,13H,11-12H2,1-2H3. The first-order valence-corrected chi connectivity index (χ1v) is 8.42. The lowest BCUT2D eigenvalue weighted by Crippen LogP contribution is -2.52. The summed E-state index contributed by atoms with van der Waals surface area (Å²) in [5.74, 6) is 0.392. The highest BCUT2D eigenvalue weighted by atomic mass is 35.5. The number of carbonyl (C=O) groups excluding carboxylic acids is 2. The van der Waals surface area contributed by atoms with Gasteiger partial charge in [0.1, 0.15) is 5.75 Å². The molecule has 0 radical (unpaired) electrons. The van der Waals surface area contributed by atoms with E-state index in [-0.39, 0.29) is 24.5 Å². The molecule has 2 aromatic carbocycles. The third kappa shape index (κ3) is 3.61.